The normalized spacial score (nSPS) is 12.1. The Morgan fingerprint density at radius 3 is 2.21 bits per heavy atom. The Balaban J connectivity index is 2.25. The first-order valence-electron chi connectivity index (χ1n) is 10.4. The third-order valence-electron chi connectivity index (χ3n) is 5.46. The van der Waals surface area contributed by atoms with E-state index in [-0.39, 0.29) is 36.5 Å². The predicted octanol–water partition coefficient (Wildman–Crippen LogP) is 5.93. The van der Waals surface area contributed by atoms with Crippen LogP contribution < -0.4 is 5.32 Å². The van der Waals surface area contributed by atoms with Crippen LogP contribution in [0.15, 0.2) is 54.6 Å². The molecule has 8 heteroatoms. The van der Waals surface area contributed by atoms with E-state index in [9.17, 15) is 23.1 Å². The van der Waals surface area contributed by atoms with Crippen molar-refractivity contribution in [2.45, 2.75) is 33.5 Å². The lowest BCUT2D eigenvalue weighted by Crippen LogP contribution is -2.37. The number of nitrogens with zero attached hydrogens (tertiary/aromatic N) is 1. The van der Waals surface area contributed by atoms with Crippen molar-refractivity contribution >= 4 is 17.5 Å². The summed E-state index contributed by atoms with van der Waals surface area (Å²) in [7, 11) is 0. The van der Waals surface area contributed by atoms with E-state index in [0.717, 1.165) is 4.57 Å². The molecule has 4 nitrogen and oxygen atoms in total. The average molecular weight is 479 g/mol. The Kier molecular flexibility index (Phi) is 7.24. The zero-order chi connectivity index (χ0) is 24.4. The third kappa shape index (κ3) is 5.60. The predicted molar refractivity (Wildman–Crippen MR) is 123 cm³/mol. The van der Waals surface area contributed by atoms with Gasteiger partial charge in [-0.3, -0.25) is 4.79 Å². The van der Waals surface area contributed by atoms with Crippen LogP contribution in [-0.4, -0.2) is 28.7 Å². The highest BCUT2D eigenvalue weighted by Crippen LogP contribution is 2.41. The van der Waals surface area contributed by atoms with E-state index in [1.807, 2.05) is 0 Å². The number of aliphatic hydroxyl groups is 1. The van der Waals surface area contributed by atoms with Crippen molar-refractivity contribution in [2.75, 3.05) is 13.2 Å². The van der Waals surface area contributed by atoms with Gasteiger partial charge in [-0.25, -0.2) is 0 Å². The molecular formula is C25H26ClF3N2O2. The Morgan fingerprint density at radius 2 is 1.67 bits per heavy atom. The number of aliphatic hydroxyl groups excluding tert-OH is 1. The molecule has 3 aromatic rings. The molecule has 0 atom stereocenters. The molecule has 0 bridgehead atoms. The van der Waals surface area contributed by atoms with Crippen molar-refractivity contribution in [2.24, 2.45) is 5.41 Å². The first-order chi connectivity index (χ1) is 15.4. The highest BCUT2D eigenvalue weighted by molar-refractivity contribution is 6.30. The summed E-state index contributed by atoms with van der Waals surface area (Å²) in [6.45, 7) is 4.67. The molecule has 0 saturated carbocycles. The van der Waals surface area contributed by atoms with Crippen LogP contribution in [0, 0.1) is 12.3 Å². The first-order valence-corrected chi connectivity index (χ1v) is 10.8. The smallest absolute Gasteiger partial charge is 0.396 e. The number of halogens is 4. The lowest BCUT2D eigenvalue weighted by Gasteiger charge is -2.23. The molecule has 2 N–H and O–H groups in total. The van der Waals surface area contributed by atoms with Gasteiger partial charge in [0.1, 0.15) is 11.4 Å². The minimum atomic E-state index is -4.68. The van der Waals surface area contributed by atoms with Gasteiger partial charge in [-0.05, 0) is 35.7 Å². The van der Waals surface area contributed by atoms with Crippen molar-refractivity contribution in [3.05, 3.63) is 82.1 Å². The minimum absolute atomic E-state index is 0.0349. The largest absolute Gasteiger partial charge is 0.431 e. The van der Waals surface area contributed by atoms with Gasteiger partial charge in [0.25, 0.3) is 5.91 Å². The molecule has 0 spiro atoms. The van der Waals surface area contributed by atoms with Gasteiger partial charge in [-0.1, -0.05) is 67.9 Å². The van der Waals surface area contributed by atoms with Crippen molar-refractivity contribution in [1.82, 2.24) is 9.88 Å². The van der Waals surface area contributed by atoms with Gasteiger partial charge < -0.3 is 15.0 Å². The molecule has 3 rings (SSSR count). The SMILES string of the molecule is Cc1c(-c2ccc(Cl)cc2)c(C(=O)NCC(C)(C)CO)n(Cc2ccccc2)c1C(F)(F)F. The number of hydrogen-bond donors (Lipinski definition) is 2. The highest BCUT2D eigenvalue weighted by atomic mass is 35.5. The highest BCUT2D eigenvalue weighted by Gasteiger charge is 2.41. The molecule has 1 heterocycles. The molecule has 0 radical (unpaired) electrons. The van der Waals surface area contributed by atoms with Gasteiger partial charge in [-0.15, -0.1) is 0 Å². The molecular weight excluding hydrogens is 453 g/mol. The number of amides is 1. The van der Waals surface area contributed by atoms with Crippen LogP contribution in [-0.2, 0) is 12.7 Å². The zero-order valence-electron chi connectivity index (χ0n) is 18.6. The van der Waals surface area contributed by atoms with Gasteiger partial charge in [0.15, 0.2) is 0 Å². The summed E-state index contributed by atoms with van der Waals surface area (Å²) in [5.74, 6) is -0.643. The van der Waals surface area contributed by atoms with E-state index in [1.165, 1.54) is 6.92 Å². The van der Waals surface area contributed by atoms with Crippen molar-refractivity contribution < 1.29 is 23.1 Å². The summed E-state index contributed by atoms with van der Waals surface area (Å²) >= 11 is 5.99. The van der Waals surface area contributed by atoms with Crippen LogP contribution in [0.25, 0.3) is 11.1 Å². The summed E-state index contributed by atoms with van der Waals surface area (Å²) < 4.78 is 43.9. The number of carbonyl (C=O) groups excluding carboxylic acids is 1. The number of nitrogens with one attached hydrogen (secondary N) is 1. The van der Waals surface area contributed by atoms with E-state index in [0.29, 0.717) is 16.1 Å². The monoisotopic (exact) mass is 478 g/mol. The van der Waals surface area contributed by atoms with E-state index >= 15 is 0 Å². The summed E-state index contributed by atoms with van der Waals surface area (Å²) in [5.41, 5.74) is -0.329. The maximum atomic E-state index is 14.3. The van der Waals surface area contributed by atoms with Gasteiger partial charge in [0.05, 0.1) is 0 Å². The quantitative estimate of drug-likeness (QED) is 0.442. The van der Waals surface area contributed by atoms with Crippen LogP contribution >= 0.6 is 11.6 Å². The topological polar surface area (TPSA) is 54.3 Å². The Morgan fingerprint density at radius 1 is 1.06 bits per heavy atom. The van der Waals surface area contributed by atoms with Crippen LogP contribution in [0.4, 0.5) is 13.2 Å². The standard InChI is InChI=1S/C25H26ClF3N2O2/c1-16-20(18-9-11-19(26)12-10-18)21(23(33)30-14-24(2,3)15-32)31(22(16)25(27,28)29)13-17-7-5-4-6-8-17/h4-12,32H,13-15H2,1-3H3,(H,30,33). The van der Waals surface area contributed by atoms with Crippen molar-refractivity contribution in [1.29, 1.82) is 0 Å². The molecule has 0 aliphatic carbocycles. The van der Waals surface area contributed by atoms with Crippen LogP contribution in [0.5, 0.6) is 0 Å². The van der Waals surface area contributed by atoms with Crippen molar-refractivity contribution in [3.8, 4) is 11.1 Å². The maximum Gasteiger partial charge on any atom is 0.431 e. The number of alkyl halides is 3. The zero-order valence-corrected chi connectivity index (χ0v) is 19.4. The Hall–Kier alpha value is -2.77. The summed E-state index contributed by atoms with van der Waals surface area (Å²) in [4.78, 5) is 13.4. The van der Waals surface area contributed by atoms with Gasteiger partial charge >= 0.3 is 6.18 Å². The Labute approximate surface area is 196 Å². The lowest BCUT2D eigenvalue weighted by molar-refractivity contribution is -0.143. The molecule has 176 valence electrons. The van der Waals surface area contributed by atoms with Crippen LogP contribution in [0.2, 0.25) is 5.02 Å². The molecule has 0 fully saturated rings. The average Bonchev–Trinajstić information content (AvgIpc) is 3.05. The summed E-state index contributed by atoms with van der Waals surface area (Å²) in [6.07, 6.45) is -4.68. The molecule has 0 unspecified atom stereocenters. The fourth-order valence-electron chi connectivity index (χ4n) is 3.70. The minimum Gasteiger partial charge on any atom is -0.396 e. The molecule has 1 amide bonds. The first kappa shape index (κ1) is 24.9. The second kappa shape index (κ2) is 9.61. The van der Waals surface area contributed by atoms with E-state index in [4.69, 9.17) is 11.6 Å². The van der Waals surface area contributed by atoms with Gasteiger partial charge in [0.2, 0.25) is 0 Å². The van der Waals surface area contributed by atoms with E-state index in [2.05, 4.69) is 5.32 Å². The van der Waals surface area contributed by atoms with Crippen LogP contribution in [0.3, 0.4) is 0 Å². The maximum absolute atomic E-state index is 14.3. The van der Waals surface area contributed by atoms with E-state index in [1.54, 1.807) is 68.4 Å². The number of aromatic nitrogens is 1. The lowest BCUT2D eigenvalue weighted by atomic mass is 9.94. The Bertz CT molecular complexity index is 1120. The molecule has 1 aromatic heterocycles. The number of hydrogen-bond acceptors (Lipinski definition) is 2. The molecule has 2 aromatic carbocycles. The molecule has 0 aliphatic heterocycles. The number of rotatable bonds is 7. The second-order valence-electron chi connectivity index (χ2n) is 8.78. The third-order valence-corrected chi connectivity index (χ3v) is 5.71. The summed E-state index contributed by atoms with van der Waals surface area (Å²) in [6, 6.07) is 15.0. The molecule has 0 aliphatic rings. The molecule has 0 saturated heterocycles. The summed E-state index contributed by atoms with van der Waals surface area (Å²) in [5, 5.41) is 12.7. The van der Waals surface area contributed by atoms with Gasteiger partial charge in [-0.2, -0.15) is 13.2 Å². The number of carbonyl (C=O) groups is 1. The second-order valence-corrected chi connectivity index (χ2v) is 9.22. The number of benzene rings is 2. The fraction of sp³-hybridized carbons (Fsp3) is 0.320. The van der Waals surface area contributed by atoms with E-state index < -0.39 is 23.2 Å². The van der Waals surface area contributed by atoms with Crippen molar-refractivity contribution in [3.63, 3.8) is 0 Å². The van der Waals surface area contributed by atoms with Gasteiger partial charge in [0, 0.05) is 35.7 Å². The van der Waals surface area contributed by atoms with Crippen LogP contribution in [0.1, 0.15) is 41.2 Å². The fourth-order valence-corrected chi connectivity index (χ4v) is 3.83. The molecule has 33 heavy (non-hydrogen) atoms.